The highest BCUT2D eigenvalue weighted by atomic mass is 127. The van der Waals surface area contributed by atoms with Crippen LogP contribution in [0.3, 0.4) is 0 Å². The normalized spacial score (nSPS) is 10.8. The topological polar surface area (TPSA) is 148 Å². The van der Waals surface area contributed by atoms with Gasteiger partial charge < -0.3 is 24.6 Å². The van der Waals surface area contributed by atoms with Crippen LogP contribution in [-0.4, -0.2) is 67.7 Å². The van der Waals surface area contributed by atoms with Gasteiger partial charge in [-0.25, -0.2) is 9.59 Å². The van der Waals surface area contributed by atoms with Gasteiger partial charge in [0.2, 0.25) is 11.6 Å². The molecule has 0 spiro atoms. The largest absolute Gasteiger partial charge is 0.465 e. The fourth-order valence-corrected chi connectivity index (χ4v) is 7.35. The zero-order valence-corrected chi connectivity index (χ0v) is 39.9. The van der Waals surface area contributed by atoms with Gasteiger partial charge in [-0.05, 0) is 150 Å². The minimum atomic E-state index is -4.63. The van der Waals surface area contributed by atoms with E-state index in [9.17, 15) is 37.1 Å². The summed E-state index contributed by atoms with van der Waals surface area (Å²) in [6.07, 6.45) is -1.49. The van der Waals surface area contributed by atoms with E-state index < -0.39 is 35.4 Å². The smallest absolute Gasteiger partial charge is 0.416 e. The molecule has 346 valence electrons. The number of anilines is 5. The van der Waals surface area contributed by atoms with Crippen LogP contribution in [0.2, 0.25) is 10.0 Å². The summed E-state index contributed by atoms with van der Waals surface area (Å²) in [6, 6.07) is 33.9. The highest BCUT2D eigenvalue weighted by Gasteiger charge is 2.31. The predicted octanol–water partition coefficient (Wildman–Crippen LogP) is 11.9. The van der Waals surface area contributed by atoms with Gasteiger partial charge in [0.05, 0.1) is 54.7 Å². The van der Waals surface area contributed by atoms with Crippen LogP contribution in [0.1, 0.15) is 68.7 Å². The lowest BCUT2D eigenvalue weighted by Crippen LogP contribution is -2.16. The van der Waals surface area contributed by atoms with E-state index in [0.29, 0.717) is 38.6 Å². The number of ether oxygens (including phenoxy) is 2. The number of alkyl halides is 3. The number of carbonyl (C=O) groups is 5. The Balaban J connectivity index is 0.000000238. The lowest BCUT2D eigenvalue weighted by molar-refractivity contribution is -0.137. The number of ketones is 2. The molecule has 0 radical (unpaired) electrons. The quantitative estimate of drug-likeness (QED) is 0.0708. The first-order chi connectivity index (χ1) is 32.3. The Hall–Kier alpha value is -7.15. The fraction of sp³-hybridized carbons (Fsp3) is 0.100. The Labute approximate surface area is 411 Å². The average molecular weight is 1070 g/mol. The Morgan fingerprint density at radius 2 is 0.985 bits per heavy atom. The number of hydrogen-bond acceptors (Lipinski definition) is 11. The van der Waals surface area contributed by atoms with Gasteiger partial charge in [0.15, 0.2) is 0 Å². The summed E-state index contributed by atoms with van der Waals surface area (Å²) in [6.45, 7) is 0. The fourth-order valence-electron chi connectivity index (χ4n) is 6.42. The van der Waals surface area contributed by atoms with Crippen molar-refractivity contribution in [1.29, 1.82) is 0 Å². The van der Waals surface area contributed by atoms with E-state index in [-0.39, 0.29) is 33.9 Å². The maximum absolute atomic E-state index is 13.3. The molecule has 1 N–H and O–H groups in total. The van der Waals surface area contributed by atoms with Gasteiger partial charge >= 0.3 is 18.1 Å². The Kier molecular flexibility index (Phi) is 16.3. The molecule has 0 fully saturated rings. The van der Waals surface area contributed by atoms with Gasteiger partial charge in [0, 0.05) is 61.5 Å². The van der Waals surface area contributed by atoms with Crippen molar-refractivity contribution in [2.24, 2.45) is 0 Å². The van der Waals surface area contributed by atoms with Crippen molar-refractivity contribution in [3.05, 3.63) is 204 Å². The van der Waals surface area contributed by atoms with Crippen LogP contribution in [0, 0.1) is 3.57 Å². The van der Waals surface area contributed by atoms with Crippen molar-refractivity contribution in [2.45, 2.75) is 6.18 Å². The van der Waals surface area contributed by atoms with Crippen molar-refractivity contribution in [1.82, 2.24) is 9.97 Å². The molecule has 0 saturated carbocycles. The van der Waals surface area contributed by atoms with Crippen molar-refractivity contribution in [3.63, 3.8) is 0 Å². The van der Waals surface area contributed by atoms with Gasteiger partial charge in [-0.3, -0.25) is 24.4 Å². The second-order valence-corrected chi connectivity index (χ2v) is 16.7. The first-order valence-corrected chi connectivity index (χ1v) is 21.8. The number of nitrogens with zero attached hydrogens (tertiary/aromatic N) is 4. The third kappa shape index (κ3) is 12.6. The first-order valence-electron chi connectivity index (χ1n) is 20.0. The highest BCUT2D eigenvalue weighted by molar-refractivity contribution is 14.1. The summed E-state index contributed by atoms with van der Waals surface area (Å²) >= 11 is 13.9. The molecule has 7 aromatic rings. The Morgan fingerprint density at radius 3 is 1.43 bits per heavy atom. The molecule has 0 saturated heterocycles. The van der Waals surface area contributed by atoms with Crippen LogP contribution in [0.4, 0.5) is 41.6 Å². The number of halogens is 6. The summed E-state index contributed by atoms with van der Waals surface area (Å²) in [5.74, 6) is -2.94. The van der Waals surface area contributed by atoms with Crippen LogP contribution in [0.25, 0.3) is 0 Å². The second-order valence-electron chi connectivity index (χ2n) is 14.6. The minimum Gasteiger partial charge on any atom is -0.465 e. The summed E-state index contributed by atoms with van der Waals surface area (Å²) in [4.78, 5) is 75.2. The second kappa shape index (κ2) is 22.1. The predicted molar refractivity (Wildman–Crippen MR) is 262 cm³/mol. The molecule has 7 rings (SSSR count). The maximum Gasteiger partial charge on any atom is 0.416 e. The number of esters is 2. The molecule has 0 aliphatic carbocycles. The summed E-state index contributed by atoms with van der Waals surface area (Å²) in [7, 11) is 6.18. The highest BCUT2D eigenvalue weighted by Crippen LogP contribution is 2.31. The van der Waals surface area contributed by atoms with E-state index in [1.165, 1.54) is 49.7 Å². The number of rotatable bonds is 12. The number of methoxy groups -OCH3 is 2. The molecular weight excluding hydrogens is 1040 g/mol. The van der Waals surface area contributed by atoms with E-state index in [0.717, 1.165) is 39.9 Å². The van der Waals surface area contributed by atoms with Crippen molar-refractivity contribution < 1.29 is 46.6 Å². The summed E-state index contributed by atoms with van der Waals surface area (Å²) in [5.41, 5.74) is 3.11. The third-order valence-electron chi connectivity index (χ3n) is 10.1. The van der Waals surface area contributed by atoms with Crippen molar-refractivity contribution in [3.8, 4) is 0 Å². The Morgan fingerprint density at radius 1 is 0.559 bits per heavy atom. The van der Waals surface area contributed by atoms with Crippen LogP contribution in [0.15, 0.2) is 146 Å². The maximum atomic E-state index is 13.3. The van der Waals surface area contributed by atoms with Gasteiger partial charge in [0.25, 0.3) is 5.91 Å². The standard InChI is InChI=1S/C29H21ClF3N3O4.C21H16ClIN2O3/c1-36(23-8-6-21(30)7-9-23)24-10-11-25(34-16-24)26(37)18-12-19(28(39)40-2)15-22(14-18)35-27(38)17-4-3-5-20(13-17)29(31,32)33;1-25(17-5-3-15(22)4-6-17)18-7-8-19(24-12-18)20(26)13-9-14(21(27)28-2)11-16(23)10-13/h3-16H,1-2H3,(H,35,38);3-12H,1-2H3. The van der Waals surface area contributed by atoms with E-state index >= 15 is 0 Å². The van der Waals surface area contributed by atoms with Crippen LogP contribution < -0.4 is 15.1 Å². The van der Waals surface area contributed by atoms with Crippen LogP contribution in [-0.2, 0) is 15.7 Å². The molecule has 0 bridgehead atoms. The lowest BCUT2D eigenvalue weighted by atomic mass is 10.0. The number of hydrogen-bond donors (Lipinski definition) is 1. The monoisotopic (exact) mass is 1070 g/mol. The van der Waals surface area contributed by atoms with Crippen molar-refractivity contribution >= 4 is 104 Å². The van der Waals surface area contributed by atoms with E-state index in [1.54, 1.807) is 42.6 Å². The Bertz CT molecular complexity index is 3000. The average Bonchev–Trinajstić information content (AvgIpc) is 3.35. The van der Waals surface area contributed by atoms with E-state index in [4.69, 9.17) is 32.7 Å². The third-order valence-corrected chi connectivity index (χ3v) is 11.2. The SMILES string of the molecule is COC(=O)c1cc(I)cc(C(=O)c2ccc(N(C)c3ccc(Cl)cc3)cn2)c1.COC(=O)c1cc(NC(=O)c2cccc(C(F)(F)F)c2)cc(C(=O)c2ccc(N(C)c3ccc(Cl)cc3)cn2)c1. The van der Waals surface area contributed by atoms with Crippen molar-refractivity contribution in [2.75, 3.05) is 43.4 Å². The lowest BCUT2D eigenvalue weighted by Gasteiger charge is -2.19. The number of carbonyl (C=O) groups excluding carboxylic acids is 5. The molecule has 0 atom stereocenters. The van der Waals surface area contributed by atoms with Gasteiger partial charge in [0.1, 0.15) is 11.4 Å². The number of amides is 1. The number of benzene rings is 5. The summed E-state index contributed by atoms with van der Waals surface area (Å²) in [5, 5.41) is 3.71. The summed E-state index contributed by atoms with van der Waals surface area (Å²) < 4.78 is 49.5. The molecule has 2 heterocycles. The molecule has 0 aliphatic heterocycles. The molecule has 68 heavy (non-hydrogen) atoms. The van der Waals surface area contributed by atoms with Gasteiger partial charge in [-0.15, -0.1) is 0 Å². The number of pyridine rings is 2. The zero-order valence-electron chi connectivity index (χ0n) is 36.3. The molecule has 18 heteroatoms. The van der Waals surface area contributed by atoms with Crippen LogP contribution in [0.5, 0.6) is 0 Å². The molecule has 2 aromatic heterocycles. The molecule has 1 amide bonds. The first kappa shape index (κ1) is 50.3. The van der Waals surface area contributed by atoms with E-state index in [1.807, 2.05) is 66.4 Å². The van der Waals surface area contributed by atoms with Crippen LogP contribution >= 0.6 is 45.8 Å². The molecule has 0 unspecified atom stereocenters. The minimum absolute atomic E-state index is 0.00718. The number of nitrogens with one attached hydrogen (secondary N) is 1. The number of aromatic nitrogens is 2. The van der Waals surface area contributed by atoms with Gasteiger partial charge in [-0.2, -0.15) is 13.2 Å². The van der Waals surface area contributed by atoms with Gasteiger partial charge in [-0.1, -0.05) is 29.3 Å². The molecule has 0 aliphatic rings. The molecule has 12 nitrogen and oxygen atoms in total. The zero-order chi connectivity index (χ0) is 49.3. The molecular formula is C50H37Cl2F3IN5O7. The molecule has 5 aromatic carbocycles. The van der Waals surface area contributed by atoms with E-state index in [2.05, 4.69) is 37.9 Å².